The Morgan fingerprint density at radius 2 is 1.76 bits per heavy atom. The Labute approximate surface area is 102 Å². The van der Waals surface area contributed by atoms with Crippen LogP contribution in [-0.4, -0.2) is 23.2 Å². The predicted octanol–water partition coefficient (Wildman–Crippen LogP) is 3.38. The predicted molar refractivity (Wildman–Crippen MR) is 64.2 cm³/mol. The molecule has 2 aliphatic carbocycles. The largest absolute Gasteiger partial charge is 0.190 e. The van der Waals surface area contributed by atoms with E-state index < -0.39 is 0 Å². The van der Waals surface area contributed by atoms with Crippen molar-refractivity contribution >= 4 is 0 Å². The number of hydrogen-bond acceptors (Lipinski definition) is 4. The zero-order valence-corrected chi connectivity index (χ0v) is 10.8. The minimum atomic E-state index is -0.00178. The summed E-state index contributed by atoms with van der Waals surface area (Å²) in [4.78, 5) is 0. The lowest BCUT2D eigenvalue weighted by Gasteiger charge is -2.66. The number of fused-ring (bicyclic) bond motifs is 2. The van der Waals surface area contributed by atoms with Gasteiger partial charge in [0, 0.05) is 11.3 Å². The zero-order chi connectivity index (χ0) is 11.9. The van der Waals surface area contributed by atoms with Crippen molar-refractivity contribution in [3.63, 3.8) is 0 Å². The Morgan fingerprint density at radius 1 is 0.941 bits per heavy atom. The van der Waals surface area contributed by atoms with Crippen molar-refractivity contribution < 1.29 is 0 Å². The summed E-state index contributed by atoms with van der Waals surface area (Å²) in [6, 6.07) is 0.773. The van der Waals surface area contributed by atoms with Crippen molar-refractivity contribution in [2.24, 2.45) is 31.8 Å². The average Bonchev–Trinajstić information content (AvgIpc) is 2.31. The van der Waals surface area contributed by atoms with Gasteiger partial charge in [-0.25, -0.2) is 0 Å². The van der Waals surface area contributed by atoms with Crippen LogP contribution in [0.25, 0.3) is 0 Å². The molecule has 0 N–H and O–H groups in total. The second kappa shape index (κ2) is 2.62. The van der Waals surface area contributed by atoms with E-state index in [-0.39, 0.29) is 16.5 Å². The molecule has 2 saturated carbocycles. The molecule has 0 aromatic rings. The molecular weight excluding hydrogens is 212 g/mol. The molecule has 0 amide bonds. The standard InChI is InChI=1S/C13H20N4/c1-11-6-5-9(15-16-11)13(3)10(11)8-4-7-12(13,2)17-14-8/h8-10H,4-7H2,1-3H3/t8-,9-,10?,11+,12+,13-/m1/s1. The fourth-order valence-electron chi connectivity index (χ4n) is 5.09. The van der Waals surface area contributed by atoms with E-state index in [1.807, 2.05) is 0 Å². The molecule has 1 unspecified atom stereocenters. The van der Waals surface area contributed by atoms with Crippen molar-refractivity contribution in [1.29, 1.82) is 0 Å². The van der Waals surface area contributed by atoms with E-state index in [1.165, 1.54) is 25.7 Å². The number of hydrogen-bond donors (Lipinski definition) is 0. The molecular formula is C13H20N4. The summed E-state index contributed by atoms with van der Waals surface area (Å²) in [7, 11) is 0. The van der Waals surface area contributed by atoms with Crippen LogP contribution in [0.4, 0.5) is 0 Å². The second-order valence-corrected chi connectivity index (χ2v) is 6.98. The van der Waals surface area contributed by atoms with Gasteiger partial charge in [0.2, 0.25) is 0 Å². The van der Waals surface area contributed by atoms with Crippen LogP contribution >= 0.6 is 0 Å². The number of rotatable bonds is 0. The van der Waals surface area contributed by atoms with Gasteiger partial charge in [-0.1, -0.05) is 6.92 Å². The third kappa shape index (κ3) is 0.902. The molecule has 92 valence electrons. The average molecular weight is 232 g/mol. The fraction of sp³-hybridized carbons (Fsp3) is 1.00. The molecule has 6 rings (SSSR count). The summed E-state index contributed by atoms with van der Waals surface area (Å²) in [5, 5.41) is 18.5. The Balaban J connectivity index is 1.97. The minimum absolute atomic E-state index is 0.00178. The molecule has 0 saturated heterocycles. The maximum atomic E-state index is 4.66. The maximum absolute atomic E-state index is 4.66. The van der Waals surface area contributed by atoms with Crippen LogP contribution < -0.4 is 0 Å². The summed E-state index contributed by atoms with van der Waals surface area (Å²) >= 11 is 0. The minimum Gasteiger partial charge on any atom is -0.190 e. The van der Waals surface area contributed by atoms with Gasteiger partial charge in [-0.2, -0.15) is 20.5 Å². The third-order valence-electron chi connectivity index (χ3n) is 6.26. The second-order valence-electron chi connectivity index (χ2n) is 6.98. The third-order valence-corrected chi connectivity index (χ3v) is 6.26. The summed E-state index contributed by atoms with van der Waals surface area (Å²) in [5.74, 6) is 0.558. The molecule has 4 aliphatic heterocycles. The Bertz CT molecular complexity index is 445. The van der Waals surface area contributed by atoms with E-state index >= 15 is 0 Å². The maximum Gasteiger partial charge on any atom is 0.0867 e. The molecule has 4 heteroatoms. The van der Waals surface area contributed by atoms with Gasteiger partial charge in [-0.05, 0) is 39.5 Å². The summed E-state index contributed by atoms with van der Waals surface area (Å²) in [6.07, 6.45) is 4.74. The highest BCUT2D eigenvalue weighted by molar-refractivity contribution is 5.24. The van der Waals surface area contributed by atoms with Gasteiger partial charge in [0.25, 0.3) is 0 Å². The lowest BCUT2D eigenvalue weighted by atomic mass is 9.44. The molecule has 0 spiro atoms. The van der Waals surface area contributed by atoms with Crippen molar-refractivity contribution in [2.45, 2.75) is 69.6 Å². The quantitative estimate of drug-likeness (QED) is 0.615. The van der Waals surface area contributed by atoms with E-state index in [9.17, 15) is 0 Å². The first-order valence-electron chi connectivity index (χ1n) is 6.84. The highest BCUT2D eigenvalue weighted by atomic mass is 15.3. The van der Waals surface area contributed by atoms with Gasteiger partial charge < -0.3 is 0 Å². The summed E-state index contributed by atoms with van der Waals surface area (Å²) < 4.78 is 0. The van der Waals surface area contributed by atoms with Crippen molar-refractivity contribution in [3.8, 4) is 0 Å². The molecule has 17 heavy (non-hydrogen) atoms. The van der Waals surface area contributed by atoms with Crippen LogP contribution in [0.2, 0.25) is 0 Å². The number of azo groups is 2. The van der Waals surface area contributed by atoms with Crippen molar-refractivity contribution in [3.05, 3.63) is 0 Å². The Kier molecular flexibility index (Phi) is 1.57. The fourth-order valence-corrected chi connectivity index (χ4v) is 5.09. The highest BCUT2D eigenvalue weighted by Crippen LogP contribution is 2.66. The van der Waals surface area contributed by atoms with Gasteiger partial charge in [0.15, 0.2) is 0 Å². The topological polar surface area (TPSA) is 49.4 Å². The molecule has 4 nitrogen and oxygen atoms in total. The van der Waals surface area contributed by atoms with Crippen LogP contribution in [0.3, 0.4) is 0 Å². The smallest absolute Gasteiger partial charge is 0.0867 e. The zero-order valence-electron chi connectivity index (χ0n) is 10.8. The molecule has 6 atom stereocenters. The van der Waals surface area contributed by atoms with Gasteiger partial charge >= 0.3 is 0 Å². The first kappa shape index (κ1) is 10.2. The molecule has 6 aliphatic rings. The Morgan fingerprint density at radius 3 is 2.29 bits per heavy atom. The van der Waals surface area contributed by atoms with E-state index in [2.05, 4.69) is 41.2 Å². The van der Waals surface area contributed by atoms with Crippen LogP contribution in [0, 0.1) is 11.3 Å². The van der Waals surface area contributed by atoms with Crippen LogP contribution in [-0.2, 0) is 0 Å². The van der Waals surface area contributed by atoms with E-state index in [4.69, 9.17) is 0 Å². The molecule has 0 aromatic heterocycles. The molecule has 4 bridgehead atoms. The lowest BCUT2D eigenvalue weighted by Crippen LogP contribution is -2.71. The van der Waals surface area contributed by atoms with E-state index in [1.54, 1.807) is 0 Å². The van der Waals surface area contributed by atoms with E-state index in [0.29, 0.717) is 18.0 Å². The molecule has 0 radical (unpaired) electrons. The van der Waals surface area contributed by atoms with Gasteiger partial charge in [0.1, 0.15) is 0 Å². The molecule has 0 aromatic carbocycles. The van der Waals surface area contributed by atoms with Crippen LogP contribution in [0.1, 0.15) is 46.5 Å². The first-order chi connectivity index (χ1) is 8.00. The molecule has 4 heterocycles. The lowest BCUT2D eigenvalue weighted by molar-refractivity contribution is -0.119. The van der Waals surface area contributed by atoms with Crippen molar-refractivity contribution in [1.82, 2.24) is 0 Å². The highest BCUT2D eigenvalue weighted by Gasteiger charge is 2.70. The van der Waals surface area contributed by atoms with Crippen LogP contribution in [0.5, 0.6) is 0 Å². The van der Waals surface area contributed by atoms with Gasteiger partial charge in [0.05, 0.1) is 23.2 Å². The Hall–Kier alpha value is -0.800. The van der Waals surface area contributed by atoms with Crippen LogP contribution in [0.15, 0.2) is 20.5 Å². The van der Waals surface area contributed by atoms with Crippen molar-refractivity contribution in [2.75, 3.05) is 0 Å². The normalized spacial score (nSPS) is 62.9. The monoisotopic (exact) mass is 232 g/mol. The summed E-state index contributed by atoms with van der Waals surface area (Å²) in [6.45, 7) is 6.98. The first-order valence-corrected chi connectivity index (χ1v) is 6.84. The summed E-state index contributed by atoms with van der Waals surface area (Å²) in [5.41, 5.74) is 0.208. The number of nitrogens with zero attached hydrogens (tertiary/aromatic N) is 4. The van der Waals surface area contributed by atoms with Gasteiger partial charge in [-0.15, -0.1) is 0 Å². The SMILES string of the molecule is C[C@@]12C([C@H]3CC[C@]1(C)N=N3)[C@]1(C)CC[C@H]2N=N1. The molecule has 2 fully saturated rings. The van der Waals surface area contributed by atoms with Gasteiger partial charge in [-0.3, -0.25) is 0 Å². The van der Waals surface area contributed by atoms with E-state index in [0.717, 1.165) is 0 Å².